The van der Waals surface area contributed by atoms with Gasteiger partial charge in [0.15, 0.2) is 5.72 Å². The molecule has 1 amide bonds. The summed E-state index contributed by atoms with van der Waals surface area (Å²) in [7, 11) is 0. The van der Waals surface area contributed by atoms with Crippen molar-refractivity contribution in [2.45, 2.75) is 70.4 Å². The summed E-state index contributed by atoms with van der Waals surface area (Å²) in [4.78, 5) is 28.1. The molecule has 1 aliphatic carbocycles. The van der Waals surface area contributed by atoms with E-state index in [0.29, 0.717) is 35.0 Å². The van der Waals surface area contributed by atoms with Gasteiger partial charge in [0, 0.05) is 47.4 Å². The molecule has 2 aromatic carbocycles. The minimum absolute atomic E-state index is 0.202. The molecule has 1 saturated carbocycles. The number of fused-ring (bicyclic) bond motifs is 1. The van der Waals surface area contributed by atoms with Crippen molar-refractivity contribution >= 4 is 34.2 Å². The number of benzene rings is 2. The van der Waals surface area contributed by atoms with Crippen LogP contribution in [0.5, 0.6) is 5.75 Å². The summed E-state index contributed by atoms with van der Waals surface area (Å²) >= 11 is 6.53. The van der Waals surface area contributed by atoms with E-state index in [4.69, 9.17) is 16.3 Å². The number of nitrogens with one attached hydrogen (secondary N) is 1. The van der Waals surface area contributed by atoms with Crippen LogP contribution in [0.15, 0.2) is 48.7 Å². The van der Waals surface area contributed by atoms with Crippen LogP contribution in [0.3, 0.4) is 0 Å². The Labute approximate surface area is 222 Å². The van der Waals surface area contributed by atoms with Crippen LogP contribution in [0.1, 0.15) is 68.4 Å². The predicted molar refractivity (Wildman–Crippen MR) is 144 cm³/mol. The maximum Gasteiger partial charge on any atom is 0.292 e. The van der Waals surface area contributed by atoms with Crippen molar-refractivity contribution < 1.29 is 19.4 Å². The number of carbonyl (C=O) groups is 2. The molecule has 37 heavy (non-hydrogen) atoms. The van der Waals surface area contributed by atoms with Crippen LogP contribution in [0, 0.1) is 0 Å². The van der Waals surface area contributed by atoms with Gasteiger partial charge >= 0.3 is 0 Å². The highest BCUT2D eigenvalue weighted by atomic mass is 35.5. The number of aromatic nitrogens is 1. The van der Waals surface area contributed by atoms with Gasteiger partial charge in [-0.3, -0.25) is 14.5 Å². The lowest BCUT2D eigenvalue weighted by atomic mass is 9.93. The van der Waals surface area contributed by atoms with Gasteiger partial charge in [-0.05, 0) is 82.9 Å². The van der Waals surface area contributed by atoms with Crippen LogP contribution in [0.25, 0.3) is 10.9 Å². The Hall–Kier alpha value is -2.87. The third kappa shape index (κ3) is 5.00. The maximum absolute atomic E-state index is 13.1. The molecule has 2 aliphatic rings. The Morgan fingerprint density at radius 2 is 1.81 bits per heavy atom. The van der Waals surface area contributed by atoms with Crippen LogP contribution < -0.4 is 10.1 Å². The quantitative estimate of drug-likeness (QED) is 0.303. The van der Waals surface area contributed by atoms with E-state index >= 15 is 0 Å². The van der Waals surface area contributed by atoms with Gasteiger partial charge in [-0.1, -0.05) is 17.7 Å². The SMILES string of the molecule is CC(C)n1ccc2cc(C(=O)C(=O)N[C@H](C)[C@](O)(c3ccc(OC4CC4)c(Cl)c3)N3CCCC3)ccc21. The second kappa shape index (κ2) is 10.1. The highest BCUT2D eigenvalue weighted by Crippen LogP contribution is 2.38. The number of Topliss-reactive ketones (excluding diaryl/α,β-unsaturated/α-hetero) is 1. The zero-order valence-electron chi connectivity index (χ0n) is 21.5. The molecule has 2 atom stereocenters. The van der Waals surface area contributed by atoms with Crippen molar-refractivity contribution in [2.24, 2.45) is 0 Å². The first-order valence-electron chi connectivity index (χ1n) is 13.1. The van der Waals surface area contributed by atoms with E-state index < -0.39 is 23.5 Å². The number of amides is 1. The standard InChI is InChI=1S/C29H34ClN3O4/c1-18(2)33-15-12-20-16-21(6-10-25(20)33)27(34)28(35)31-19(3)29(36,32-13-4-5-14-32)22-7-11-26(24(30)17-22)37-23-8-9-23/h6-7,10-12,15-19,23,36H,4-5,8-9,13-14H2,1-3H3,(H,31,35)/t19-,29+/m1/s1. The first kappa shape index (κ1) is 25.8. The smallest absolute Gasteiger partial charge is 0.292 e. The van der Waals surface area contributed by atoms with E-state index in [2.05, 4.69) is 23.7 Å². The second-order valence-electron chi connectivity index (χ2n) is 10.5. The zero-order valence-corrected chi connectivity index (χ0v) is 22.3. The summed E-state index contributed by atoms with van der Waals surface area (Å²) in [6.07, 6.45) is 6.09. The molecule has 7 nitrogen and oxygen atoms in total. The van der Waals surface area contributed by atoms with Crippen LogP contribution in [-0.4, -0.2) is 51.5 Å². The molecule has 2 heterocycles. The van der Waals surface area contributed by atoms with E-state index in [0.717, 1.165) is 36.6 Å². The van der Waals surface area contributed by atoms with E-state index in [1.807, 2.05) is 23.2 Å². The number of aliphatic hydroxyl groups is 1. The highest BCUT2D eigenvalue weighted by molar-refractivity contribution is 6.43. The Morgan fingerprint density at radius 3 is 2.46 bits per heavy atom. The lowest BCUT2D eigenvalue weighted by Crippen LogP contribution is -2.59. The zero-order chi connectivity index (χ0) is 26.3. The fourth-order valence-corrected chi connectivity index (χ4v) is 5.43. The first-order valence-corrected chi connectivity index (χ1v) is 13.5. The van der Waals surface area contributed by atoms with Crippen LogP contribution in [0.2, 0.25) is 5.02 Å². The number of carbonyl (C=O) groups excluding carboxylic acids is 2. The minimum atomic E-state index is -1.54. The van der Waals surface area contributed by atoms with E-state index in [1.165, 1.54) is 0 Å². The fourth-order valence-electron chi connectivity index (χ4n) is 5.20. The summed E-state index contributed by atoms with van der Waals surface area (Å²) in [6, 6.07) is 12.0. The van der Waals surface area contributed by atoms with Crippen molar-refractivity contribution in [2.75, 3.05) is 13.1 Å². The molecule has 5 rings (SSSR count). The molecule has 2 fully saturated rings. The van der Waals surface area contributed by atoms with Crippen molar-refractivity contribution in [1.82, 2.24) is 14.8 Å². The molecule has 0 radical (unpaired) electrons. The third-order valence-electron chi connectivity index (χ3n) is 7.46. The third-order valence-corrected chi connectivity index (χ3v) is 7.75. The van der Waals surface area contributed by atoms with E-state index in [1.54, 1.807) is 37.3 Å². The molecule has 1 aromatic heterocycles. The van der Waals surface area contributed by atoms with Gasteiger partial charge < -0.3 is 19.7 Å². The monoisotopic (exact) mass is 523 g/mol. The second-order valence-corrected chi connectivity index (χ2v) is 10.9. The molecule has 0 unspecified atom stereocenters. The largest absolute Gasteiger partial charge is 0.489 e. The Kier molecular flexibility index (Phi) is 7.05. The minimum Gasteiger partial charge on any atom is -0.489 e. The number of ketones is 1. The number of halogens is 1. The lowest BCUT2D eigenvalue weighted by Gasteiger charge is -2.42. The Morgan fingerprint density at radius 1 is 1.08 bits per heavy atom. The molecule has 1 aliphatic heterocycles. The Bertz CT molecular complexity index is 1330. The molecule has 1 saturated heterocycles. The summed E-state index contributed by atoms with van der Waals surface area (Å²) in [5.74, 6) is -0.807. The van der Waals surface area contributed by atoms with Crippen molar-refractivity contribution in [1.29, 1.82) is 0 Å². The molecule has 8 heteroatoms. The number of hydrogen-bond donors (Lipinski definition) is 2. The molecular weight excluding hydrogens is 490 g/mol. The summed E-state index contributed by atoms with van der Waals surface area (Å²) in [5, 5.41) is 16.2. The van der Waals surface area contributed by atoms with Gasteiger partial charge in [0.1, 0.15) is 5.75 Å². The first-order chi connectivity index (χ1) is 17.7. The highest BCUT2D eigenvalue weighted by Gasteiger charge is 2.44. The van der Waals surface area contributed by atoms with Crippen LogP contribution >= 0.6 is 11.6 Å². The number of nitrogens with zero attached hydrogens (tertiary/aromatic N) is 2. The van der Waals surface area contributed by atoms with Crippen molar-refractivity contribution in [3.05, 3.63) is 64.8 Å². The van der Waals surface area contributed by atoms with Crippen molar-refractivity contribution in [3.8, 4) is 5.75 Å². The molecule has 0 spiro atoms. The van der Waals surface area contributed by atoms with Gasteiger partial charge in [0.05, 0.1) is 17.2 Å². The van der Waals surface area contributed by atoms with Crippen LogP contribution in [-0.2, 0) is 10.5 Å². The topological polar surface area (TPSA) is 83.8 Å². The van der Waals surface area contributed by atoms with Crippen LogP contribution in [0.4, 0.5) is 0 Å². The normalized spacial score (nSPS) is 18.6. The lowest BCUT2D eigenvalue weighted by molar-refractivity contribution is -0.139. The van der Waals surface area contributed by atoms with E-state index in [9.17, 15) is 14.7 Å². The molecule has 0 bridgehead atoms. The summed E-state index contributed by atoms with van der Waals surface area (Å²) in [5.41, 5.74) is 0.342. The fraction of sp³-hybridized carbons (Fsp3) is 0.448. The Balaban J connectivity index is 1.38. The van der Waals surface area contributed by atoms with Gasteiger partial charge in [0.2, 0.25) is 5.78 Å². The molecule has 196 valence electrons. The number of hydrogen-bond acceptors (Lipinski definition) is 5. The van der Waals surface area contributed by atoms with E-state index in [-0.39, 0.29) is 12.1 Å². The number of ether oxygens (including phenoxy) is 1. The molecule has 2 N–H and O–H groups in total. The average molecular weight is 524 g/mol. The van der Waals surface area contributed by atoms with Gasteiger partial charge in [-0.15, -0.1) is 0 Å². The molecular formula is C29H34ClN3O4. The van der Waals surface area contributed by atoms with Gasteiger partial charge in [-0.2, -0.15) is 0 Å². The average Bonchev–Trinajstić information content (AvgIpc) is 3.34. The summed E-state index contributed by atoms with van der Waals surface area (Å²) < 4.78 is 7.98. The number of likely N-dealkylation sites (tertiary alicyclic amines) is 1. The summed E-state index contributed by atoms with van der Waals surface area (Å²) in [6.45, 7) is 7.25. The number of rotatable bonds is 9. The molecule has 3 aromatic rings. The van der Waals surface area contributed by atoms with Crippen molar-refractivity contribution in [3.63, 3.8) is 0 Å². The van der Waals surface area contributed by atoms with Gasteiger partial charge in [-0.25, -0.2) is 0 Å². The predicted octanol–water partition coefficient (Wildman–Crippen LogP) is 5.05. The van der Waals surface area contributed by atoms with Gasteiger partial charge in [0.25, 0.3) is 5.91 Å². The maximum atomic E-state index is 13.1.